The Morgan fingerprint density at radius 3 is 2.64 bits per heavy atom. The number of aryl methyl sites for hydroxylation is 3. The van der Waals surface area contributed by atoms with Crippen LogP contribution in [0.3, 0.4) is 0 Å². The second kappa shape index (κ2) is 8.21. The van der Waals surface area contributed by atoms with Gasteiger partial charge < -0.3 is 9.64 Å². The molecule has 2 aromatic carbocycles. The number of benzene rings is 2. The first kappa shape index (κ1) is 19.5. The number of hydrogen-bond donors (Lipinski definition) is 0. The molecule has 0 saturated carbocycles. The van der Waals surface area contributed by atoms with Crippen LogP contribution in [0.25, 0.3) is 11.0 Å². The van der Waals surface area contributed by atoms with Gasteiger partial charge in [-0.15, -0.1) is 5.10 Å². The number of esters is 1. The van der Waals surface area contributed by atoms with Crippen LogP contribution in [0, 0.1) is 13.8 Å². The number of likely N-dealkylation sites (N-methyl/N-ethyl adjacent to an activating group) is 1. The summed E-state index contributed by atoms with van der Waals surface area (Å²) in [6.07, 6.45) is 0. The van der Waals surface area contributed by atoms with Gasteiger partial charge in [0, 0.05) is 20.1 Å². The van der Waals surface area contributed by atoms with Crippen LogP contribution >= 0.6 is 0 Å². The largest absolute Gasteiger partial charge is 0.452 e. The zero-order valence-electron chi connectivity index (χ0n) is 16.6. The van der Waals surface area contributed by atoms with Gasteiger partial charge in [-0.05, 0) is 50.1 Å². The minimum atomic E-state index is -0.554. The first-order chi connectivity index (χ1) is 13.4. The predicted octanol–water partition coefficient (Wildman–Crippen LogP) is 2.88. The van der Waals surface area contributed by atoms with Gasteiger partial charge >= 0.3 is 5.97 Å². The van der Waals surface area contributed by atoms with Crippen molar-refractivity contribution in [3.63, 3.8) is 0 Å². The molecule has 3 rings (SSSR count). The molecule has 0 aliphatic heterocycles. The number of carbonyl (C=O) groups excluding carboxylic acids is 2. The van der Waals surface area contributed by atoms with E-state index in [4.69, 9.17) is 4.74 Å². The number of amides is 1. The van der Waals surface area contributed by atoms with E-state index in [1.54, 1.807) is 34.8 Å². The van der Waals surface area contributed by atoms with Gasteiger partial charge in [0.15, 0.2) is 6.61 Å². The fourth-order valence-corrected chi connectivity index (χ4v) is 3.02. The van der Waals surface area contributed by atoms with E-state index in [0.29, 0.717) is 24.2 Å². The molecule has 0 saturated heterocycles. The van der Waals surface area contributed by atoms with E-state index < -0.39 is 5.97 Å². The van der Waals surface area contributed by atoms with Crippen molar-refractivity contribution in [3.8, 4) is 0 Å². The molecular formula is C21H24N4O3. The Kier molecular flexibility index (Phi) is 5.73. The molecule has 0 spiro atoms. The zero-order valence-corrected chi connectivity index (χ0v) is 16.6. The Morgan fingerprint density at radius 1 is 1.14 bits per heavy atom. The van der Waals surface area contributed by atoms with Gasteiger partial charge in [-0.1, -0.05) is 29.0 Å². The van der Waals surface area contributed by atoms with Crippen LogP contribution in [0.15, 0.2) is 36.4 Å². The lowest BCUT2D eigenvalue weighted by molar-refractivity contribution is -0.133. The summed E-state index contributed by atoms with van der Waals surface area (Å²) < 4.78 is 6.94. The molecule has 7 nitrogen and oxygen atoms in total. The minimum absolute atomic E-state index is 0.258. The normalized spacial score (nSPS) is 10.9. The fraction of sp³-hybridized carbons (Fsp3) is 0.333. The molecule has 1 aromatic heterocycles. The van der Waals surface area contributed by atoms with Crippen LogP contribution in [0.1, 0.15) is 34.0 Å². The van der Waals surface area contributed by atoms with Crippen molar-refractivity contribution in [2.45, 2.75) is 33.9 Å². The van der Waals surface area contributed by atoms with Crippen LogP contribution in [-0.4, -0.2) is 45.4 Å². The van der Waals surface area contributed by atoms with Gasteiger partial charge in [0.25, 0.3) is 5.91 Å². The van der Waals surface area contributed by atoms with Crippen molar-refractivity contribution >= 4 is 22.9 Å². The average molecular weight is 380 g/mol. The van der Waals surface area contributed by atoms with Gasteiger partial charge in [-0.25, -0.2) is 9.48 Å². The van der Waals surface area contributed by atoms with E-state index in [-0.39, 0.29) is 12.5 Å². The maximum Gasteiger partial charge on any atom is 0.338 e. The molecule has 28 heavy (non-hydrogen) atoms. The van der Waals surface area contributed by atoms with Crippen molar-refractivity contribution in [1.82, 2.24) is 19.9 Å². The molecule has 0 aliphatic carbocycles. The van der Waals surface area contributed by atoms with E-state index in [1.165, 1.54) is 5.56 Å². The number of rotatable bonds is 6. The maximum atomic E-state index is 12.3. The molecule has 0 fully saturated rings. The number of ether oxygens (including phenoxy) is 1. The highest BCUT2D eigenvalue weighted by molar-refractivity contribution is 5.94. The molecule has 1 heterocycles. The van der Waals surface area contributed by atoms with Gasteiger partial charge in [0.05, 0.1) is 11.1 Å². The van der Waals surface area contributed by atoms with E-state index in [2.05, 4.69) is 16.4 Å². The lowest BCUT2D eigenvalue weighted by atomic mass is 10.1. The van der Waals surface area contributed by atoms with Gasteiger partial charge in [-0.2, -0.15) is 0 Å². The summed E-state index contributed by atoms with van der Waals surface area (Å²) in [4.78, 5) is 26.2. The standard InChI is InChI=1S/C21H24N4O3/c1-5-25-19-9-8-16(11-18(19)22-23-25)21(27)28-13-20(26)24(4)12-17-7-6-14(2)10-15(17)3/h6-11H,5,12-13H2,1-4H3. The molecule has 0 radical (unpaired) electrons. The minimum Gasteiger partial charge on any atom is -0.452 e. The van der Waals surface area contributed by atoms with Crippen molar-refractivity contribution in [1.29, 1.82) is 0 Å². The Morgan fingerprint density at radius 2 is 1.93 bits per heavy atom. The first-order valence-electron chi connectivity index (χ1n) is 9.19. The highest BCUT2D eigenvalue weighted by Crippen LogP contribution is 2.15. The summed E-state index contributed by atoms with van der Waals surface area (Å²) in [5.74, 6) is -0.812. The third-order valence-corrected chi connectivity index (χ3v) is 4.71. The van der Waals surface area contributed by atoms with Crippen molar-refractivity contribution < 1.29 is 14.3 Å². The third kappa shape index (κ3) is 4.19. The fourth-order valence-electron chi connectivity index (χ4n) is 3.02. The van der Waals surface area contributed by atoms with Crippen LogP contribution in [0.5, 0.6) is 0 Å². The van der Waals surface area contributed by atoms with Gasteiger partial charge in [-0.3, -0.25) is 4.79 Å². The lowest BCUT2D eigenvalue weighted by Crippen LogP contribution is -2.31. The van der Waals surface area contributed by atoms with Gasteiger partial charge in [0.2, 0.25) is 0 Å². The third-order valence-electron chi connectivity index (χ3n) is 4.71. The Bertz CT molecular complexity index is 1030. The second-order valence-corrected chi connectivity index (χ2v) is 6.86. The smallest absolute Gasteiger partial charge is 0.338 e. The molecule has 0 N–H and O–H groups in total. The molecule has 1 amide bonds. The second-order valence-electron chi connectivity index (χ2n) is 6.86. The molecule has 0 aliphatic rings. The highest BCUT2D eigenvalue weighted by Gasteiger charge is 2.16. The van der Waals surface area contributed by atoms with E-state index in [1.807, 2.05) is 32.9 Å². The van der Waals surface area contributed by atoms with Crippen molar-refractivity contribution in [2.75, 3.05) is 13.7 Å². The highest BCUT2D eigenvalue weighted by atomic mass is 16.5. The van der Waals surface area contributed by atoms with Crippen molar-refractivity contribution in [3.05, 3.63) is 58.7 Å². The van der Waals surface area contributed by atoms with E-state index in [0.717, 1.165) is 16.6 Å². The van der Waals surface area contributed by atoms with Crippen LogP contribution in [-0.2, 0) is 22.6 Å². The Labute approximate surface area is 163 Å². The Balaban J connectivity index is 1.59. The maximum absolute atomic E-state index is 12.3. The summed E-state index contributed by atoms with van der Waals surface area (Å²) in [6, 6.07) is 11.2. The number of nitrogens with zero attached hydrogens (tertiary/aromatic N) is 4. The number of carbonyl (C=O) groups is 2. The molecule has 0 atom stereocenters. The zero-order chi connectivity index (χ0) is 20.3. The molecule has 0 bridgehead atoms. The average Bonchev–Trinajstić information content (AvgIpc) is 3.10. The predicted molar refractivity (Wildman–Crippen MR) is 106 cm³/mol. The molecule has 7 heteroatoms. The summed E-state index contributed by atoms with van der Waals surface area (Å²) in [5, 5.41) is 8.07. The lowest BCUT2D eigenvalue weighted by Gasteiger charge is -2.18. The molecule has 0 unspecified atom stereocenters. The van der Waals surface area contributed by atoms with Crippen LogP contribution < -0.4 is 0 Å². The quantitative estimate of drug-likeness (QED) is 0.615. The summed E-state index contributed by atoms with van der Waals surface area (Å²) in [7, 11) is 1.70. The number of hydrogen-bond acceptors (Lipinski definition) is 5. The summed E-state index contributed by atoms with van der Waals surface area (Å²) >= 11 is 0. The number of aromatic nitrogens is 3. The monoisotopic (exact) mass is 380 g/mol. The topological polar surface area (TPSA) is 77.3 Å². The SMILES string of the molecule is CCn1nnc2cc(C(=O)OCC(=O)N(C)Cc3ccc(C)cc3C)ccc21. The Hall–Kier alpha value is -3.22. The van der Waals surface area contributed by atoms with Crippen LogP contribution in [0.2, 0.25) is 0 Å². The molecule has 3 aromatic rings. The molecule has 146 valence electrons. The van der Waals surface area contributed by atoms with Crippen LogP contribution in [0.4, 0.5) is 0 Å². The summed E-state index contributed by atoms with van der Waals surface area (Å²) in [5.41, 5.74) is 5.20. The van der Waals surface area contributed by atoms with E-state index in [9.17, 15) is 9.59 Å². The number of fused-ring (bicyclic) bond motifs is 1. The van der Waals surface area contributed by atoms with Gasteiger partial charge in [0.1, 0.15) is 5.52 Å². The first-order valence-corrected chi connectivity index (χ1v) is 9.19. The van der Waals surface area contributed by atoms with Crippen molar-refractivity contribution in [2.24, 2.45) is 0 Å². The van der Waals surface area contributed by atoms with E-state index >= 15 is 0 Å². The molecular weight excluding hydrogens is 356 g/mol. The summed E-state index contributed by atoms with van der Waals surface area (Å²) in [6.45, 7) is 6.88.